The van der Waals surface area contributed by atoms with Crippen LogP contribution in [-0.2, 0) is 10.0 Å². The molecule has 0 radical (unpaired) electrons. The van der Waals surface area contributed by atoms with Crippen molar-refractivity contribution in [2.45, 2.75) is 30.2 Å². The predicted octanol–water partition coefficient (Wildman–Crippen LogP) is 3.72. The number of nitrogens with zero attached hydrogens (tertiary/aromatic N) is 3. The topological polar surface area (TPSA) is 95.8 Å². The Hall–Kier alpha value is -2.36. The normalized spacial score (nSPS) is 19.9. The molecule has 8 nitrogen and oxygen atoms in total. The summed E-state index contributed by atoms with van der Waals surface area (Å²) in [5.41, 5.74) is 0.469. The minimum Gasteiger partial charge on any atom is -0.364 e. The predicted molar refractivity (Wildman–Crippen MR) is 117 cm³/mol. The summed E-state index contributed by atoms with van der Waals surface area (Å²) in [7, 11) is -4.02. The van der Waals surface area contributed by atoms with Crippen LogP contribution in [0, 0.1) is 10.1 Å². The molecule has 2 fully saturated rings. The van der Waals surface area contributed by atoms with E-state index in [9.17, 15) is 18.5 Å². The van der Waals surface area contributed by atoms with Crippen molar-refractivity contribution in [1.29, 1.82) is 0 Å². The van der Waals surface area contributed by atoms with Crippen molar-refractivity contribution in [3.05, 3.63) is 57.6 Å². The van der Waals surface area contributed by atoms with Crippen LogP contribution in [-0.4, -0.2) is 50.5 Å². The van der Waals surface area contributed by atoms with E-state index in [0.717, 1.165) is 25.6 Å². The maximum Gasteiger partial charge on any atom is 0.293 e. The van der Waals surface area contributed by atoms with Crippen molar-refractivity contribution >= 4 is 38.7 Å². The molecule has 0 amide bonds. The minimum atomic E-state index is -4.02. The Morgan fingerprint density at radius 1 is 1.10 bits per heavy atom. The van der Waals surface area contributed by atoms with Gasteiger partial charge >= 0.3 is 0 Å². The third-order valence-electron chi connectivity index (χ3n) is 5.73. The summed E-state index contributed by atoms with van der Waals surface area (Å²) in [6.45, 7) is 3.58. The molecule has 0 bridgehead atoms. The number of likely N-dealkylation sites (tertiary alicyclic amines) is 1. The Bertz CT molecular complexity index is 1060. The van der Waals surface area contributed by atoms with E-state index in [2.05, 4.69) is 9.62 Å². The van der Waals surface area contributed by atoms with Crippen molar-refractivity contribution in [3.8, 4) is 0 Å². The lowest BCUT2D eigenvalue weighted by Crippen LogP contribution is -2.35. The number of benzene rings is 2. The maximum absolute atomic E-state index is 12.8. The van der Waals surface area contributed by atoms with Gasteiger partial charge in [0, 0.05) is 25.2 Å². The van der Waals surface area contributed by atoms with E-state index < -0.39 is 14.9 Å². The Kier molecular flexibility index (Phi) is 5.86. The summed E-state index contributed by atoms with van der Waals surface area (Å²) >= 11 is 6.03. The number of nitro benzene ring substituents is 1. The number of nitrogens with one attached hydrogen (secondary N) is 1. The number of anilines is 2. The van der Waals surface area contributed by atoms with Gasteiger partial charge in [-0.05, 0) is 56.6 Å². The van der Waals surface area contributed by atoms with Crippen LogP contribution in [0.1, 0.15) is 19.3 Å². The fourth-order valence-electron chi connectivity index (χ4n) is 4.20. The first-order valence-electron chi connectivity index (χ1n) is 9.90. The summed E-state index contributed by atoms with van der Waals surface area (Å²) < 4.78 is 27.9. The van der Waals surface area contributed by atoms with Crippen LogP contribution in [0.5, 0.6) is 0 Å². The van der Waals surface area contributed by atoms with Crippen LogP contribution in [0.3, 0.4) is 0 Å². The number of rotatable bonds is 6. The first-order valence-corrected chi connectivity index (χ1v) is 11.8. The van der Waals surface area contributed by atoms with Crippen LogP contribution in [0.4, 0.5) is 17.1 Å². The lowest BCUT2D eigenvalue weighted by Gasteiger charge is -2.24. The molecule has 0 saturated carbocycles. The molecular formula is C20H23ClN4O4S. The number of sulfonamides is 1. The second kappa shape index (κ2) is 8.41. The molecule has 160 valence electrons. The summed E-state index contributed by atoms with van der Waals surface area (Å²) in [6, 6.07) is 10.9. The van der Waals surface area contributed by atoms with Crippen molar-refractivity contribution in [1.82, 2.24) is 4.90 Å². The zero-order valence-corrected chi connectivity index (χ0v) is 17.9. The highest BCUT2D eigenvalue weighted by molar-refractivity contribution is 7.92. The number of hydrogen-bond acceptors (Lipinski definition) is 6. The first-order chi connectivity index (χ1) is 14.3. The second-order valence-corrected chi connectivity index (χ2v) is 9.71. The number of para-hydroxylation sites is 1. The van der Waals surface area contributed by atoms with Gasteiger partial charge in [-0.1, -0.05) is 23.7 Å². The van der Waals surface area contributed by atoms with Crippen molar-refractivity contribution < 1.29 is 13.3 Å². The highest BCUT2D eigenvalue weighted by Gasteiger charge is 2.33. The highest BCUT2D eigenvalue weighted by Crippen LogP contribution is 2.35. The van der Waals surface area contributed by atoms with Gasteiger partial charge in [0.15, 0.2) is 0 Å². The molecule has 2 saturated heterocycles. The zero-order valence-electron chi connectivity index (χ0n) is 16.3. The van der Waals surface area contributed by atoms with Gasteiger partial charge in [0.1, 0.15) is 5.69 Å². The van der Waals surface area contributed by atoms with Crippen LogP contribution in [0.2, 0.25) is 5.02 Å². The summed E-state index contributed by atoms with van der Waals surface area (Å²) in [5, 5.41) is 12.0. The van der Waals surface area contributed by atoms with Crippen LogP contribution in [0.15, 0.2) is 47.4 Å². The van der Waals surface area contributed by atoms with Crippen LogP contribution in [0.25, 0.3) is 0 Å². The fraction of sp³-hybridized carbons (Fsp3) is 0.400. The Morgan fingerprint density at radius 2 is 1.83 bits per heavy atom. The van der Waals surface area contributed by atoms with Gasteiger partial charge in [-0.3, -0.25) is 19.7 Å². The largest absolute Gasteiger partial charge is 0.364 e. The lowest BCUT2D eigenvalue weighted by molar-refractivity contribution is -0.384. The van der Waals surface area contributed by atoms with Gasteiger partial charge in [0.2, 0.25) is 0 Å². The monoisotopic (exact) mass is 450 g/mol. The van der Waals surface area contributed by atoms with E-state index in [-0.39, 0.29) is 21.3 Å². The molecule has 2 heterocycles. The third-order valence-corrected chi connectivity index (χ3v) is 7.43. The van der Waals surface area contributed by atoms with Gasteiger partial charge in [-0.15, -0.1) is 0 Å². The lowest BCUT2D eigenvalue weighted by atomic mass is 10.2. The average molecular weight is 451 g/mol. The van der Waals surface area contributed by atoms with Crippen LogP contribution < -0.4 is 9.62 Å². The molecule has 0 aromatic heterocycles. The standard InChI is InChI=1S/C20H23ClN4O4S/c21-17-5-1-2-6-18(17)22-30(28,29)16-7-8-19(20(13-16)25(26)27)24-12-9-15(14-24)23-10-3-4-11-23/h1-2,5-8,13,15,22H,3-4,9-12,14H2/t15-/m1/s1. The van der Waals surface area contributed by atoms with Crippen molar-refractivity contribution in [2.24, 2.45) is 0 Å². The molecule has 30 heavy (non-hydrogen) atoms. The van der Waals surface area contributed by atoms with Gasteiger partial charge < -0.3 is 4.90 Å². The maximum atomic E-state index is 12.8. The van der Waals surface area contributed by atoms with Crippen LogP contribution >= 0.6 is 11.6 Å². The van der Waals surface area contributed by atoms with Gasteiger partial charge in [0.25, 0.3) is 15.7 Å². The van der Waals surface area contributed by atoms with E-state index in [4.69, 9.17) is 11.6 Å². The SMILES string of the molecule is O=[N+]([O-])c1cc(S(=O)(=O)Nc2ccccc2Cl)ccc1N1CC[C@@H](N2CCCC2)C1. The van der Waals surface area contributed by atoms with Gasteiger partial charge in [0.05, 0.1) is 20.5 Å². The quantitative estimate of drug-likeness (QED) is 0.532. The summed E-state index contributed by atoms with van der Waals surface area (Å²) in [4.78, 5) is 15.5. The Balaban J connectivity index is 1.59. The minimum absolute atomic E-state index is 0.173. The van der Waals surface area contributed by atoms with E-state index >= 15 is 0 Å². The number of nitro groups is 1. The fourth-order valence-corrected chi connectivity index (χ4v) is 5.54. The number of hydrogen-bond donors (Lipinski definition) is 1. The van der Waals surface area contributed by atoms with E-state index in [1.807, 2.05) is 4.90 Å². The molecule has 2 aromatic rings. The average Bonchev–Trinajstić information content (AvgIpc) is 3.41. The molecule has 0 spiro atoms. The molecule has 2 aliphatic heterocycles. The Labute approximate surface area is 180 Å². The molecule has 2 aromatic carbocycles. The molecule has 0 aliphatic carbocycles. The molecule has 1 N–H and O–H groups in total. The van der Waals surface area contributed by atoms with Crippen molar-refractivity contribution in [3.63, 3.8) is 0 Å². The molecular weight excluding hydrogens is 428 g/mol. The zero-order chi connectivity index (χ0) is 21.3. The molecule has 1 atom stereocenters. The van der Waals surface area contributed by atoms with E-state index in [1.165, 1.54) is 31.0 Å². The van der Waals surface area contributed by atoms with Gasteiger partial charge in [-0.2, -0.15) is 0 Å². The van der Waals surface area contributed by atoms with E-state index in [1.54, 1.807) is 18.2 Å². The summed E-state index contributed by atoms with van der Waals surface area (Å²) in [6.07, 6.45) is 3.34. The van der Waals surface area contributed by atoms with Crippen molar-refractivity contribution in [2.75, 3.05) is 35.8 Å². The highest BCUT2D eigenvalue weighted by atomic mass is 35.5. The Morgan fingerprint density at radius 3 is 2.53 bits per heavy atom. The smallest absolute Gasteiger partial charge is 0.293 e. The first kappa shape index (κ1) is 20.9. The van der Waals surface area contributed by atoms with E-state index in [0.29, 0.717) is 24.8 Å². The molecule has 2 aliphatic rings. The summed E-state index contributed by atoms with van der Waals surface area (Å²) in [5.74, 6) is 0. The molecule has 0 unspecified atom stereocenters. The number of halogens is 1. The molecule has 4 rings (SSSR count). The molecule has 10 heteroatoms. The third kappa shape index (κ3) is 4.23. The van der Waals surface area contributed by atoms with Gasteiger partial charge in [-0.25, -0.2) is 8.42 Å². The second-order valence-electron chi connectivity index (χ2n) is 7.62.